The molecule has 0 radical (unpaired) electrons. The van der Waals surface area contributed by atoms with Gasteiger partial charge >= 0.3 is 0 Å². The van der Waals surface area contributed by atoms with Gasteiger partial charge in [-0.05, 0) is 35.4 Å². The molecule has 1 aliphatic heterocycles. The molecule has 0 atom stereocenters. The molecular formula is C19H21N3O2. The van der Waals surface area contributed by atoms with Crippen molar-refractivity contribution < 1.29 is 9.47 Å². The van der Waals surface area contributed by atoms with E-state index in [4.69, 9.17) is 9.47 Å². The molecule has 0 saturated carbocycles. The highest BCUT2D eigenvalue weighted by Gasteiger charge is 2.10. The Labute approximate surface area is 141 Å². The highest BCUT2D eigenvalue weighted by molar-refractivity contribution is 5.92. The molecule has 5 heteroatoms. The molecule has 1 fully saturated rings. The molecule has 0 amide bonds. The highest BCUT2D eigenvalue weighted by Crippen LogP contribution is 2.28. The maximum Gasteiger partial charge on any atom is 0.137 e. The van der Waals surface area contributed by atoms with Crippen molar-refractivity contribution >= 4 is 11.0 Å². The fourth-order valence-electron chi connectivity index (χ4n) is 3.06. The van der Waals surface area contributed by atoms with Gasteiger partial charge in [-0.25, -0.2) is 4.98 Å². The van der Waals surface area contributed by atoms with Gasteiger partial charge in [0, 0.05) is 37.4 Å². The van der Waals surface area contributed by atoms with Crippen molar-refractivity contribution in [2.24, 2.45) is 0 Å². The zero-order chi connectivity index (χ0) is 16.2. The quantitative estimate of drug-likeness (QED) is 0.784. The van der Waals surface area contributed by atoms with Crippen LogP contribution in [0.1, 0.15) is 0 Å². The highest BCUT2D eigenvalue weighted by atomic mass is 16.5. The second-order valence-electron chi connectivity index (χ2n) is 5.93. The SMILES string of the molecule is c1cc(-c2ccc(OCCN3CCOCC3)cc2)c2cc[nH]c2n1. The first kappa shape index (κ1) is 15.2. The summed E-state index contributed by atoms with van der Waals surface area (Å²) >= 11 is 0. The molecule has 0 unspecified atom stereocenters. The van der Waals surface area contributed by atoms with Crippen LogP contribution in [0.4, 0.5) is 0 Å². The molecule has 1 saturated heterocycles. The molecule has 1 aliphatic rings. The maximum absolute atomic E-state index is 5.87. The van der Waals surface area contributed by atoms with Gasteiger partial charge in [0.1, 0.15) is 18.0 Å². The van der Waals surface area contributed by atoms with E-state index in [-0.39, 0.29) is 0 Å². The van der Waals surface area contributed by atoms with E-state index in [0.29, 0.717) is 6.61 Å². The number of nitrogens with zero attached hydrogens (tertiary/aromatic N) is 2. The topological polar surface area (TPSA) is 50.4 Å². The van der Waals surface area contributed by atoms with Gasteiger partial charge < -0.3 is 14.5 Å². The molecule has 2 aromatic heterocycles. The summed E-state index contributed by atoms with van der Waals surface area (Å²) in [7, 11) is 0. The Hall–Kier alpha value is -2.37. The normalized spacial score (nSPS) is 15.7. The molecule has 0 spiro atoms. The average molecular weight is 323 g/mol. The first-order chi connectivity index (χ1) is 11.9. The van der Waals surface area contributed by atoms with Gasteiger partial charge in [-0.2, -0.15) is 0 Å². The largest absolute Gasteiger partial charge is 0.492 e. The van der Waals surface area contributed by atoms with Gasteiger partial charge in [0.05, 0.1) is 13.2 Å². The first-order valence-corrected chi connectivity index (χ1v) is 8.35. The first-order valence-electron chi connectivity index (χ1n) is 8.35. The van der Waals surface area contributed by atoms with Crippen LogP contribution < -0.4 is 4.74 Å². The van der Waals surface area contributed by atoms with E-state index in [9.17, 15) is 0 Å². The summed E-state index contributed by atoms with van der Waals surface area (Å²) in [5, 5.41) is 1.14. The molecule has 0 aliphatic carbocycles. The number of benzene rings is 1. The number of hydrogen-bond donors (Lipinski definition) is 1. The third-order valence-electron chi connectivity index (χ3n) is 4.41. The second-order valence-corrected chi connectivity index (χ2v) is 5.93. The predicted molar refractivity (Wildman–Crippen MR) is 94.3 cm³/mol. The third kappa shape index (κ3) is 3.27. The molecule has 5 nitrogen and oxygen atoms in total. The van der Waals surface area contributed by atoms with Gasteiger partial charge in [-0.1, -0.05) is 12.1 Å². The van der Waals surface area contributed by atoms with E-state index in [2.05, 4.69) is 33.1 Å². The van der Waals surface area contributed by atoms with Crippen molar-refractivity contribution in [2.45, 2.75) is 0 Å². The van der Waals surface area contributed by atoms with E-state index in [1.807, 2.05) is 30.6 Å². The molecule has 1 aromatic carbocycles. The molecular weight excluding hydrogens is 302 g/mol. The van der Waals surface area contributed by atoms with Gasteiger partial charge in [-0.15, -0.1) is 0 Å². The van der Waals surface area contributed by atoms with Crippen LogP contribution in [-0.2, 0) is 4.74 Å². The smallest absolute Gasteiger partial charge is 0.137 e. The number of rotatable bonds is 5. The van der Waals surface area contributed by atoms with Gasteiger partial charge in [0.15, 0.2) is 0 Å². The maximum atomic E-state index is 5.87. The summed E-state index contributed by atoms with van der Waals surface area (Å²) in [6.45, 7) is 5.30. The number of aromatic nitrogens is 2. The van der Waals surface area contributed by atoms with Crippen molar-refractivity contribution in [3.05, 3.63) is 48.8 Å². The van der Waals surface area contributed by atoms with Gasteiger partial charge in [0.2, 0.25) is 0 Å². The van der Waals surface area contributed by atoms with Crippen LogP contribution in [0.25, 0.3) is 22.2 Å². The lowest BCUT2D eigenvalue weighted by Crippen LogP contribution is -2.38. The van der Waals surface area contributed by atoms with Crippen molar-refractivity contribution in [1.29, 1.82) is 0 Å². The van der Waals surface area contributed by atoms with E-state index >= 15 is 0 Å². The van der Waals surface area contributed by atoms with Crippen LogP contribution in [0.15, 0.2) is 48.8 Å². The number of nitrogens with one attached hydrogen (secondary N) is 1. The Bertz CT molecular complexity index is 792. The van der Waals surface area contributed by atoms with Crippen LogP contribution in [0.5, 0.6) is 5.75 Å². The zero-order valence-electron chi connectivity index (χ0n) is 13.6. The van der Waals surface area contributed by atoms with E-state index < -0.39 is 0 Å². The summed E-state index contributed by atoms with van der Waals surface area (Å²) in [6, 6.07) is 12.4. The van der Waals surface area contributed by atoms with Crippen LogP contribution >= 0.6 is 0 Å². The number of hydrogen-bond acceptors (Lipinski definition) is 4. The standard InChI is InChI=1S/C19H21N3O2/c1-3-16(24-14-11-22-9-12-23-13-10-22)4-2-15(1)17-5-7-20-19-18(17)6-8-21-19/h1-8H,9-14H2,(H,20,21). The Morgan fingerprint density at radius 1 is 1.08 bits per heavy atom. The Balaban J connectivity index is 1.40. The molecule has 124 valence electrons. The van der Waals surface area contributed by atoms with Crippen LogP contribution in [0.2, 0.25) is 0 Å². The molecule has 3 heterocycles. The Morgan fingerprint density at radius 3 is 2.75 bits per heavy atom. The van der Waals surface area contributed by atoms with Crippen molar-refractivity contribution in [2.75, 3.05) is 39.5 Å². The Kier molecular flexibility index (Phi) is 4.44. The van der Waals surface area contributed by atoms with E-state index in [0.717, 1.165) is 49.6 Å². The monoisotopic (exact) mass is 323 g/mol. The van der Waals surface area contributed by atoms with Crippen molar-refractivity contribution in [3.8, 4) is 16.9 Å². The molecule has 4 rings (SSSR count). The van der Waals surface area contributed by atoms with Gasteiger partial charge in [-0.3, -0.25) is 4.90 Å². The Morgan fingerprint density at radius 2 is 1.92 bits per heavy atom. The number of H-pyrrole nitrogens is 1. The van der Waals surface area contributed by atoms with Crippen LogP contribution in [-0.4, -0.2) is 54.3 Å². The van der Waals surface area contributed by atoms with Crippen molar-refractivity contribution in [1.82, 2.24) is 14.9 Å². The van der Waals surface area contributed by atoms with Crippen molar-refractivity contribution in [3.63, 3.8) is 0 Å². The number of pyridine rings is 1. The average Bonchev–Trinajstić information content (AvgIpc) is 3.12. The van der Waals surface area contributed by atoms with Gasteiger partial charge in [0.25, 0.3) is 0 Å². The second kappa shape index (κ2) is 7.03. The number of ether oxygens (including phenoxy) is 2. The minimum absolute atomic E-state index is 0.705. The number of fused-ring (bicyclic) bond motifs is 1. The molecule has 1 N–H and O–H groups in total. The van der Waals surface area contributed by atoms with E-state index in [1.54, 1.807) is 0 Å². The zero-order valence-corrected chi connectivity index (χ0v) is 13.6. The summed E-state index contributed by atoms with van der Waals surface area (Å²) in [6.07, 6.45) is 3.76. The lowest BCUT2D eigenvalue weighted by atomic mass is 10.0. The van der Waals surface area contributed by atoms with E-state index in [1.165, 1.54) is 11.1 Å². The summed E-state index contributed by atoms with van der Waals surface area (Å²) in [4.78, 5) is 9.86. The fraction of sp³-hybridized carbons (Fsp3) is 0.316. The number of morpholine rings is 1. The van der Waals surface area contributed by atoms with Crippen LogP contribution in [0.3, 0.4) is 0 Å². The fourth-order valence-corrected chi connectivity index (χ4v) is 3.06. The molecule has 3 aromatic rings. The minimum Gasteiger partial charge on any atom is -0.492 e. The lowest BCUT2D eigenvalue weighted by Gasteiger charge is -2.26. The molecule has 0 bridgehead atoms. The third-order valence-corrected chi connectivity index (χ3v) is 4.41. The summed E-state index contributed by atoms with van der Waals surface area (Å²) in [5.74, 6) is 0.909. The number of aromatic amines is 1. The van der Waals surface area contributed by atoms with Crippen LogP contribution in [0, 0.1) is 0 Å². The molecule has 24 heavy (non-hydrogen) atoms. The minimum atomic E-state index is 0.705. The lowest BCUT2D eigenvalue weighted by molar-refractivity contribution is 0.0322. The summed E-state index contributed by atoms with van der Waals surface area (Å²) < 4.78 is 11.2. The summed E-state index contributed by atoms with van der Waals surface area (Å²) in [5.41, 5.74) is 3.27. The predicted octanol–water partition coefficient (Wildman–Crippen LogP) is 2.94.